The molecule has 21 heavy (non-hydrogen) atoms. The van der Waals surface area contributed by atoms with Crippen molar-refractivity contribution in [3.05, 3.63) is 0 Å². The zero-order valence-corrected chi connectivity index (χ0v) is 16.8. The molecule has 4 nitrogen and oxygen atoms in total. The summed E-state index contributed by atoms with van der Waals surface area (Å²) in [6.07, 6.45) is 6.60. The summed E-state index contributed by atoms with van der Waals surface area (Å²) >= 11 is 0. The van der Waals surface area contributed by atoms with Crippen LogP contribution in [-0.2, 0) is 0 Å². The standard InChI is InChI=1S/C16H34N4.HI/c1-6-13-7-9-14(10-8-13)20-15(17-5)18-11-12-19-16(2,3)4;/h13-14,19H,6-12H2,1-5H3,(H2,17,18,20);1H. The topological polar surface area (TPSA) is 48.5 Å². The number of nitrogens with zero attached hydrogens (tertiary/aromatic N) is 1. The fraction of sp³-hybridized carbons (Fsp3) is 0.938. The van der Waals surface area contributed by atoms with Gasteiger partial charge in [0, 0.05) is 31.7 Å². The minimum absolute atomic E-state index is 0. The molecular weight excluding hydrogens is 375 g/mol. The van der Waals surface area contributed by atoms with Gasteiger partial charge in [0.25, 0.3) is 0 Å². The molecule has 3 N–H and O–H groups in total. The lowest BCUT2D eigenvalue weighted by Crippen LogP contribution is -2.47. The van der Waals surface area contributed by atoms with Crippen LogP contribution in [0.1, 0.15) is 59.8 Å². The highest BCUT2D eigenvalue weighted by Crippen LogP contribution is 2.26. The van der Waals surface area contributed by atoms with Crippen LogP contribution in [0.5, 0.6) is 0 Å². The molecule has 0 aromatic heterocycles. The summed E-state index contributed by atoms with van der Waals surface area (Å²) in [6, 6.07) is 0.597. The first-order chi connectivity index (χ1) is 9.44. The number of guanidine groups is 1. The highest BCUT2D eigenvalue weighted by molar-refractivity contribution is 14.0. The summed E-state index contributed by atoms with van der Waals surface area (Å²) in [6.45, 7) is 10.7. The first-order valence-corrected chi connectivity index (χ1v) is 8.16. The number of hydrogen-bond donors (Lipinski definition) is 3. The Balaban J connectivity index is 0.00000400. The fourth-order valence-corrected chi connectivity index (χ4v) is 2.72. The lowest BCUT2D eigenvalue weighted by molar-refractivity contribution is 0.304. The van der Waals surface area contributed by atoms with E-state index in [-0.39, 0.29) is 29.5 Å². The zero-order chi connectivity index (χ0) is 15.0. The van der Waals surface area contributed by atoms with Crippen LogP contribution in [0, 0.1) is 5.92 Å². The number of hydrogen-bond acceptors (Lipinski definition) is 2. The Kier molecular flexibility index (Phi) is 10.6. The molecule has 0 aromatic carbocycles. The molecular formula is C16H35IN4. The fourth-order valence-electron chi connectivity index (χ4n) is 2.72. The van der Waals surface area contributed by atoms with Crippen LogP contribution in [0.4, 0.5) is 0 Å². The third-order valence-corrected chi connectivity index (χ3v) is 4.06. The van der Waals surface area contributed by atoms with Crippen molar-refractivity contribution in [1.82, 2.24) is 16.0 Å². The molecule has 1 fully saturated rings. The van der Waals surface area contributed by atoms with Crippen LogP contribution in [-0.4, -0.2) is 37.7 Å². The second-order valence-corrected chi connectivity index (χ2v) is 6.95. The Labute approximate surface area is 148 Å². The van der Waals surface area contributed by atoms with Crippen molar-refractivity contribution in [2.75, 3.05) is 20.1 Å². The van der Waals surface area contributed by atoms with Crippen LogP contribution >= 0.6 is 24.0 Å². The average molecular weight is 410 g/mol. The van der Waals surface area contributed by atoms with Gasteiger partial charge in [-0.2, -0.15) is 0 Å². The molecule has 1 rings (SSSR count). The Morgan fingerprint density at radius 3 is 2.19 bits per heavy atom. The van der Waals surface area contributed by atoms with Crippen molar-refractivity contribution < 1.29 is 0 Å². The third kappa shape index (κ3) is 9.55. The number of rotatable bonds is 5. The molecule has 0 radical (unpaired) electrons. The summed E-state index contributed by atoms with van der Waals surface area (Å²) in [7, 11) is 1.85. The molecule has 5 heteroatoms. The molecule has 0 aliphatic heterocycles. The summed E-state index contributed by atoms with van der Waals surface area (Å²) in [5.41, 5.74) is 0.178. The minimum atomic E-state index is 0. The van der Waals surface area contributed by atoms with E-state index in [1.165, 1.54) is 32.1 Å². The molecule has 0 saturated heterocycles. The van der Waals surface area contributed by atoms with Crippen LogP contribution < -0.4 is 16.0 Å². The van der Waals surface area contributed by atoms with E-state index in [4.69, 9.17) is 0 Å². The first kappa shape index (κ1) is 21.0. The van der Waals surface area contributed by atoms with Gasteiger partial charge < -0.3 is 16.0 Å². The summed E-state index contributed by atoms with van der Waals surface area (Å²) in [5.74, 6) is 1.89. The number of aliphatic imine (C=N–C) groups is 1. The van der Waals surface area contributed by atoms with E-state index in [1.807, 2.05) is 7.05 Å². The predicted molar refractivity (Wildman–Crippen MR) is 104 cm³/mol. The molecule has 126 valence electrons. The molecule has 0 amide bonds. The second kappa shape index (κ2) is 10.6. The quantitative estimate of drug-likeness (QED) is 0.283. The van der Waals surface area contributed by atoms with Gasteiger partial charge in [0.15, 0.2) is 5.96 Å². The van der Waals surface area contributed by atoms with E-state index in [9.17, 15) is 0 Å². The van der Waals surface area contributed by atoms with E-state index < -0.39 is 0 Å². The van der Waals surface area contributed by atoms with Crippen molar-refractivity contribution in [2.45, 2.75) is 71.4 Å². The monoisotopic (exact) mass is 410 g/mol. The lowest BCUT2D eigenvalue weighted by atomic mass is 9.84. The van der Waals surface area contributed by atoms with Gasteiger partial charge in [0.05, 0.1) is 0 Å². The van der Waals surface area contributed by atoms with E-state index in [1.54, 1.807) is 0 Å². The Morgan fingerprint density at radius 2 is 1.71 bits per heavy atom. The predicted octanol–water partition coefficient (Wildman–Crippen LogP) is 3.13. The van der Waals surface area contributed by atoms with Crippen molar-refractivity contribution in [2.24, 2.45) is 10.9 Å². The van der Waals surface area contributed by atoms with Crippen LogP contribution in [0.15, 0.2) is 4.99 Å². The zero-order valence-electron chi connectivity index (χ0n) is 14.5. The third-order valence-electron chi connectivity index (χ3n) is 4.06. The van der Waals surface area contributed by atoms with Crippen LogP contribution in [0.25, 0.3) is 0 Å². The van der Waals surface area contributed by atoms with Gasteiger partial charge >= 0.3 is 0 Å². The van der Waals surface area contributed by atoms with Crippen molar-refractivity contribution in [3.63, 3.8) is 0 Å². The summed E-state index contributed by atoms with van der Waals surface area (Å²) < 4.78 is 0. The second-order valence-electron chi connectivity index (χ2n) is 6.95. The molecule has 0 atom stereocenters. The van der Waals surface area contributed by atoms with Gasteiger partial charge in [0.1, 0.15) is 0 Å². The largest absolute Gasteiger partial charge is 0.355 e. The molecule has 0 unspecified atom stereocenters. The van der Waals surface area contributed by atoms with Crippen LogP contribution in [0.3, 0.4) is 0 Å². The van der Waals surface area contributed by atoms with E-state index >= 15 is 0 Å². The van der Waals surface area contributed by atoms with E-state index in [0.717, 1.165) is 25.0 Å². The molecule has 0 bridgehead atoms. The maximum Gasteiger partial charge on any atom is 0.191 e. The van der Waals surface area contributed by atoms with Crippen molar-refractivity contribution in [3.8, 4) is 0 Å². The van der Waals surface area contributed by atoms with Gasteiger partial charge in [-0.25, -0.2) is 0 Å². The molecule has 0 aromatic rings. The van der Waals surface area contributed by atoms with Gasteiger partial charge in [-0.1, -0.05) is 13.3 Å². The Hall–Kier alpha value is -0.0400. The molecule has 1 aliphatic rings. The molecule has 0 spiro atoms. The highest BCUT2D eigenvalue weighted by Gasteiger charge is 2.20. The molecule has 1 aliphatic carbocycles. The Morgan fingerprint density at radius 1 is 1.10 bits per heavy atom. The maximum atomic E-state index is 4.32. The number of halogens is 1. The highest BCUT2D eigenvalue weighted by atomic mass is 127. The van der Waals surface area contributed by atoms with Crippen LogP contribution in [0.2, 0.25) is 0 Å². The smallest absolute Gasteiger partial charge is 0.191 e. The SMILES string of the molecule is CCC1CCC(NC(=NC)NCCNC(C)(C)C)CC1.I. The Bertz CT molecular complexity index is 291. The number of nitrogens with one attached hydrogen (secondary N) is 3. The van der Waals surface area contributed by atoms with Gasteiger partial charge in [-0.05, 0) is 52.4 Å². The van der Waals surface area contributed by atoms with E-state index in [2.05, 4.69) is 48.6 Å². The summed E-state index contributed by atoms with van der Waals surface area (Å²) in [4.78, 5) is 4.32. The van der Waals surface area contributed by atoms with Gasteiger partial charge in [0.2, 0.25) is 0 Å². The minimum Gasteiger partial charge on any atom is -0.355 e. The molecule has 0 heterocycles. The average Bonchev–Trinajstić information content (AvgIpc) is 2.42. The van der Waals surface area contributed by atoms with Crippen molar-refractivity contribution >= 4 is 29.9 Å². The normalized spacial score (nSPS) is 23.4. The summed E-state index contributed by atoms with van der Waals surface area (Å²) in [5, 5.41) is 10.4. The van der Waals surface area contributed by atoms with E-state index in [0.29, 0.717) is 6.04 Å². The van der Waals surface area contributed by atoms with Gasteiger partial charge in [-0.15, -0.1) is 24.0 Å². The van der Waals surface area contributed by atoms with Crippen molar-refractivity contribution in [1.29, 1.82) is 0 Å². The molecule has 1 saturated carbocycles. The van der Waals surface area contributed by atoms with Gasteiger partial charge in [-0.3, -0.25) is 4.99 Å². The first-order valence-electron chi connectivity index (χ1n) is 8.16. The lowest BCUT2D eigenvalue weighted by Gasteiger charge is -2.29. The maximum absolute atomic E-state index is 4.32.